The van der Waals surface area contributed by atoms with Gasteiger partial charge in [0, 0.05) is 37.2 Å². The van der Waals surface area contributed by atoms with E-state index in [1.807, 2.05) is 13.8 Å². The number of benzene rings is 1. The van der Waals surface area contributed by atoms with E-state index >= 15 is 0 Å². The molecule has 0 aliphatic carbocycles. The van der Waals surface area contributed by atoms with Crippen LogP contribution in [-0.2, 0) is 14.4 Å². The van der Waals surface area contributed by atoms with Crippen molar-refractivity contribution in [2.45, 2.75) is 45.4 Å². The first-order valence-electron chi connectivity index (χ1n) is 10.7. The zero-order valence-corrected chi connectivity index (χ0v) is 18.4. The van der Waals surface area contributed by atoms with Gasteiger partial charge in [0.1, 0.15) is 11.6 Å². The van der Waals surface area contributed by atoms with E-state index < -0.39 is 12.2 Å². The SMILES string of the molecule is CCC1CC(=O)NC(n2nc(C)cc2NC(=O)C2CC(=O)N(c3ccc(OC)cc3)C2)N1. The topological polar surface area (TPSA) is 118 Å². The zero-order valence-electron chi connectivity index (χ0n) is 18.4. The number of nitrogens with one attached hydrogen (secondary N) is 3. The lowest BCUT2D eigenvalue weighted by Crippen LogP contribution is -2.53. The maximum Gasteiger partial charge on any atom is 0.230 e. The first kappa shape index (κ1) is 21.8. The molecule has 3 amide bonds. The number of ether oxygens (including phenoxy) is 1. The van der Waals surface area contributed by atoms with Crippen LogP contribution in [-0.4, -0.2) is 47.2 Å². The maximum absolute atomic E-state index is 13.0. The molecule has 32 heavy (non-hydrogen) atoms. The second kappa shape index (κ2) is 8.99. The quantitative estimate of drug-likeness (QED) is 0.627. The van der Waals surface area contributed by atoms with Gasteiger partial charge in [-0.2, -0.15) is 5.10 Å². The van der Waals surface area contributed by atoms with Crippen LogP contribution in [0.1, 0.15) is 38.2 Å². The van der Waals surface area contributed by atoms with Crippen LogP contribution in [0.15, 0.2) is 30.3 Å². The van der Waals surface area contributed by atoms with Crippen molar-refractivity contribution in [1.82, 2.24) is 20.4 Å². The summed E-state index contributed by atoms with van der Waals surface area (Å²) in [5.41, 5.74) is 1.43. The van der Waals surface area contributed by atoms with Gasteiger partial charge in [0.05, 0.1) is 18.7 Å². The van der Waals surface area contributed by atoms with E-state index in [1.54, 1.807) is 47.0 Å². The average Bonchev–Trinajstić information content (AvgIpc) is 3.35. The summed E-state index contributed by atoms with van der Waals surface area (Å²) in [7, 11) is 1.58. The summed E-state index contributed by atoms with van der Waals surface area (Å²) >= 11 is 0. The number of aryl methyl sites for hydroxylation is 1. The molecule has 10 heteroatoms. The normalized spacial score (nSPS) is 23.2. The molecule has 2 aromatic rings. The summed E-state index contributed by atoms with van der Waals surface area (Å²) in [6.07, 6.45) is 0.782. The molecule has 3 atom stereocenters. The van der Waals surface area contributed by atoms with Crippen LogP contribution in [0.5, 0.6) is 5.75 Å². The molecule has 2 aliphatic heterocycles. The van der Waals surface area contributed by atoms with Gasteiger partial charge in [-0.1, -0.05) is 6.92 Å². The first-order chi connectivity index (χ1) is 15.4. The fraction of sp³-hybridized carbons (Fsp3) is 0.455. The molecule has 0 spiro atoms. The van der Waals surface area contributed by atoms with Gasteiger partial charge in [0.2, 0.25) is 17.7 Å². The summed E-state index contributed by atoms with van der Waals surface area (Å²) in [5.74, 6) is 0.245. The minimum Gasteiger partial charge on any atom is -0.497 e. The smallest absolute Gasteiger partial charge is 0.230 e. The Bertz CT molecular complexity index is 1020. The number of hydrogen-bond donors (Lipinski definition) is 3. The lowest BCUT2D eigenvalue weighted by atomic mass is 10.1. The van der Waals surface area contributed by atoms with E-state index in [-0.39, 0.29) is 30.2 Å². The Labute approximate surface area is 186 Å². The number of carbonyl (C=O) groups is 3. The van der Waals surface area contributed by atoms with Gasteiger partial charge >= 0.3 is 0 Å². The van der Waals surface area contributed by atoms with E-state index in [0.717, 1.165) is 12.1 Å². The molecule has 3 heterocycles. The third-order valence-corrected chi connectivity index (χ3v) is 5.85. The van der Waals surface area contributed by atoms with Gasteiger partial charge < -0.3 is 20.3 Å². The molecule has 170 valence electrons. The lowest BCUT2D eigenvalue weighted by molar-refractivity contribution is -0.125. The summed E-state index contributed by atoms with van der Waals surface area (Å²) in [6, 6.07) is 8.96. The number of methoxy groups -OCH3 is 1. The van der Waals surface area contributed by atoms with Gasteiger partial charge in [0.15, 0.2) is 6.29 Å². The second-order valence-corrected chi connectivity index (χ2v) is 8.15. The molecule has 3 N–H and O–H groups in total. The van der Waals surface area contributed by atoms with E-state index in [9.17, 15) is 14.4 Å². The van der Waals surface area contributed by atoms with Crippen molar-refractivity contribution in [3.63, 3.8) is 0 Å². The number of hydrogen-bond acceptors (Lipinski definition) is 6. The summed E-state index contributed by atoms with van der Waals surface area (Å²) in [6.45, 7) is 4.12. The van der Waals surface area contributed by atoms with E-state index in [1.165, 1.54) is 0 Å². The number of rotatable bonds is 6. The Morgan fingerprint density at radius 3 is 2.69 bits per heavy atom. The summed E-state index contributed by atoms with van der Waals surface area (Å²) in [5, 5.41) is 13.5. The molecule has 1 aromatic carbocycles. The number of amides is 3. The van der Waals surface area contributed by atoms with Gasteiger partial charge in [-0.3, -0.25) is 19.7 Å². The number of nitrogens with zero attached hydrogens (tertiary/aromatic N) is 3. The molecule has 3 unspecified atom stereocenters. The Morgan fingerprint density at radius 2 is 2.00 bits per heavy atom. The van der Waals surface area contributed by atoms with Crippen molar-refractivity contribution >= 4 is 29.2 Å². The molecule has 0 saturated carbocycles. The fourth-order valence-electron chi connectivity index (χ4n) is 4.08. The fourth-order valence-corrected chi connectivity index (χ4v) is 4.08. The van der Waals surface area contributed by atoms with E-state index in [0.29, 0.717) is 30.2 Å². The van der Waals surface area contributed by atoms with Crippen molar-refractivity contribution < 1.29 is 19.1 Å². The molecule has 1 aromatic heterocycles. The molecule has 2 saturated heterocycles. The Morgan fingerprint density at radius 1 is 1.25 bits per heavy atom. The summed E-state index contributed by atoms with van der Waals surface area (Å²) < 4.78 is 6.74. The number of aromatic nitrogens is 2. The predicted octanol–water partition coefficient (Wildman–Crippen LogP) is 1.54. The third-order valence-electron chi connectivity index (χ3n) is 5.85. The van der Waals surface area contributed by atoms with Gasteiger partial charge in [-0.05, 0) is 37.6 Å². The van der Waals surface area contributed by atoms with Gasteiger partial charge in [-0.15, -0.1) is 0 Å². The first-order valence-corrected chi connectivity index (χ1v) is 10.7. The van der Waals surface area contributed by atoms with E-state index in [4.69, 9.17) is 4.74 Å². The molecule has 2 aliphatic rings. The minimum absolute atomic E-state index is 0.0346. The molecular formula is C22H28N6O4. The Balaban J connectivity index is 1.46. The second-order valence-electron chi connectivity index (χ2n) is 8.15. The van der Waals surface area contributed by atoms with Crippen LogP contribution in [0.25, 0.3) is 0 Å². The molecule has 4 rings (SSSR count). The van der Waals surface area contributed by atoms with Crippen LogP contribution in [0.3, 0.4) is 0 Å². The predicted molar refractivity (Wildman–Crippen MR) is 118 cm³/mol. The Hall–Kier alpha value is -3.40. The number of carbonyl (C=O) groups excluding carboxylic acids is 3. The van der Waals surface area contributed by atoms with Crippen LogP contribution in [0.4, 0.5) is 11.5 Å². The van der Waals surface area contributed by atoms with Crippen molar-refractivity contribution in [2.75, 3.05) is 23.9 Å². The average molecular weight is 441 g/mol. The molecule has 0 bridgehead atoms. The highest BCUT2D eigenvalue weighted by atomic mass is 16.5. The lowest BCUT2D eigenvalue weighted by Gasteiger charge is -2.32. The number of anilines is 2. The van der Waals surface area contributed by atoms with Crippen LogP contribution >= 0.6 is 0 Å². The molecule has 2 fully saturated rings. The molecule has 10 nitrogen and oxygen atoms in total. The minimum atomic E-state index is -0.550. The zero-order chi connectivity index (χ0) is 22.8. The van der Waals surface area contributed by atoms with Crippen molar-refractivity contribution in [1.29, 1.82) is 0 Å². The Kier molecular flexibility index (Phi) is 6.13. The van der Waals surface area contributed by atoms with Crippen molar-refractivity contribution in [3.05, 3.63) is 36.0 Å². The third kappa shape index (κ3) is 4.45. The monoisotopic (exact) mass is 440 g/mol. The van der Waals surface area contributed by atoms with Crippen LogP contribution in [0, 0.1) is 12.8 Å². The van der Waals surface area contributed by atoms with E-state index in [2.05, 4.69) is 21.0 Å². The van der Waals surface area contributed by atoms with Gasteiger partial charge in [0.25, 0.3) is 0 Å². The molecule has 0 radical (unpaired) electrons. The van der Waals surface area contributed by atoms with Crippen LogP contribution in [0.2, 0.25) is 0 Å². The standard InChI is InChI=1S/C22H28N6O4/c1-4-15-11-19(29)25-22(23-15)28-18(9-13(2)26-28)24-21(31)14-10-20(30)27(12-14)16-5-7-17(32-3)8-6-16/h5-9,14-15,22-23H,4,10-12H2,1-3H3,(H,24,31)(H,25,29). The largest absolute Gasteiger partial charge is 0.497 e. The van der Waals surface area contributed by atoms with Crippen molar-refractivity contribution in [3.8, 4) is 5.75 Å². The molecular weight excluding hydrogens is 412 g/mol. The maximum atomic E-state index is 13.0. The van der Waals surface area contributed by atoms with Crippen LogP contribution < -0.4 is 25.6 Å². The highest BCUT2D eigenvalue weighted by molar-refractivity contribution is 6.03. The highest BCUT2D eigenvalue weighted by Crippen LogP contribution is 2.28. The summed E-state index contributed by atoms with van der Waals surface area (Å²) in [4.78, 5) is 39.3. The van der Waals surface area contributed by atoms with Gasteiger partial charge in [-0.25, -0.2) is 4.68 Å². The highest BCUT2D eigenvalue weighted by Gasteiger charge is 2.36. The van der Waals surface area contributed by atoms with Crippen molar-refractivity contribution in [2.24, 2.45) is 5.92 Å².